The predicted molar refractivity (Wildman–Crippen MR) is 61.2 cm³/mol. The van der Waals surface area contributed by atoms with Crippen LogP contribution in [0.1, 0.15) is 5.56 Å². The van der Waals surface area contributed by atoms with Crippen LogP contribution in [-0.4, -0.2) is 22.7 Å². The number of thiophene rings is 1. The van der Waals surface area contributed by atoms with E-state index in [-0.39, 0.29) is 29.1 Å². The highest BCUT2D eigenvalue weighted by Gasteiger charge is 2.27. The molecular formula is C8H9F3N2O2S2. The van der Waals surface area contributed by atoms with Gasteiger partial charge in [0, 0.05) is 30.3 Å². The Balaban J connectivity index is 2.20. The van der Waals surface area contributed by atoms with E-state index >= 15 is 0 Å². The van der Waals surface area contributed by atoms with Gasteiger partial charge in [-0.3, -0.25) is 10.1 Å². The van der Waals surface area contributed by atoms with Gasteiger partial charge in [-0.2, -0.15) is 13.2 Å². The van der Waals surface area contributed by atoms with Crippen LogP contribution in [0.15, 0.2) is 11.4 Å². The number of thioether (sulfide) groups is 1. The van der Waals surface area contributed by atoms with Crippen molar-refractivity contribution in [1.82, 2.24) is 5.32 Å². The molecule has 1 heterocycles. The lowest BCUT2D eigenvalue weighted by molar-refractivity contribution is -0.380. The van der Waals surface area contributed by atoms with Gasteiger partial charge in [0.25, 0.3) is 0 Å². The first-order chi connectivity index (χ1) is 7.88. The molecule has 0 aliphatic rings. The van der Waals surface area contributed by atoms with Crippen LogP contribution < -0.4 is 5.32 Å². The SMILES string of the molecule is O=[N+]([O-])c1cc(CNCCSC(F)(F)F)cs1. The predicted octanol–water partition coefficient (Wildman–Crippen LogP) is 3.00. The minimum atomic E-state index is -4.21. The third-order valence-electron chi connectivity index (χ3n) is 1.69. The average Bonchev–Trinajstić information content (AvgIpc) is 2.64. The van der Waals surface area contributed by atoms with Gasteiger partial charge in [-0.15, -0.1) is 0 Å². The molecule has 0 aromatic carbocycles. The summed E-state index contributed by atoms with van der Waals surface area (Å²) in [6.45, 7) is 0.538. The zero-order valence-corrected chi connectivity index (χ0v) is 10.1. The summed E-state index contributed by atoms with van der Waals surface area (Å²) in [6, 6.07) is 1.41. The van der Waals surface area contributed by atoms with Crippen LogP contribution >= 0.6 is 23.1 Å². The standard InChI is InChI=1S/C8H9F3N2O2S2/c9-8(10,11)17-2-1-12-4-6-3-7(13(14)15)16-5-6/h3,5,12H,1-2,4H2. The molecule has 0 spiro atoms. The highest BCUT2D eigenvalue weighted by molar-refractivity contribution is 8.00. The van der Waals surface area contributed by atoms with E-state index in [0.717, 1.165) is 11.3 Å². The average molecular weight is 286 g/mol. The Morgan fingerprint density at radius 1 is 1.53 bits per heavy atom. The number of halogens is 3. The van der Waals surface area contributed by atoms with Crippen LogP contribution in [0.25, 0.3) is 0 Å². The van der Waals surface area contributed by atoms with Crippen molar-refractivity contribution in [2.75, 3.05) is 12.3 Å². The molecule has 9 heteroatoms. The fourth-order valence-electron chi connectivity index (χ4n) is 1.02. The van der Waals surface area contributed by atoms with E-state index in [9.17, 15) is 23.3 Å². The Morgan fingerprint density at radius 3 is 2.76 bits per heavy atom. The number of nitrogens with one attached hydrogen (secondary N) is 1. The first-order valence-corrected chi connectivity index (χ1v) is 6.38. The monoisotopic (exact) mass is 286 g/mol. The van der Waals surface area contributed by atoms with E-state index in [0.29, 0.717) is 12.1 Å². The maximum Gasteiger partial charge on any atom is 0.441 e. The molecule has 0 bridgehead atoms. The van der Waals surface area contributed by atoms with Gasteiger partial charge in [0.2, 0.25) is 0 Å². The van der Waals surface area contributed by atoms with Crippen molar-refractivity contribution in [2.24, 2.45) is 0 Å². The summed E-state index contributed by atoms with van der Waals surface area (Å²) >= 11 is 0.912. The fourth-order valence-corrected chi connectivity index (χ4v) is 2.23. The van der Waals surface area contributed by atoms with Crippen molar-refractivity contribution < 1.29 is 18.1 Å². The minimum absolute atomic E-state index is 0.0338. The molecule has 0 fully saturated rings. The topological polar surface area (TPSA) is 55.2 Å². The van der Waals surface area contributed by atoms with Crippen LogP contribution in [0, 0.1) is 10.1 Å². The highest BCUT2D eigenvalue weighted by Crippen LogP contribution is 2.29. The maximum atomic E-state index is 11.8. The molecule has 0 saturated carbocycles. The fraction of sp³-hybridized carbons (Fsp3) is 0.500. The molecule has 0 aliphatic heterocycles. The van der Waals surface area contributed by atoms with Gasteiger partial charge in [0.1, 0.15) is 0 Å². The summed E-state index contributed by atoms with van der Waals surface area (Å²) in [4.78, 5) is 9.88. The summed E-state index contributed by atoms with van der Waals surface area (Å²) in [5, 5.41) is 14.8. The zero-order chi connectivity index (χ0) is 12.9. The largest absolute Gasteiger partial charge is 0.441 e. The Labute approximate surface area is 103 Å². The Kier molecular flexibility index (Phi) is 5.22. The summed E-state index contributed by atoms with van der Waals surface area (Å²) in [7, 11) is 0. The molecule has 0 aliphatic carbocycles. The Morgan fingerprint density at radius 2 is 2.24 bits per heavy atom. The molecule has 0 atom stereocenters. The summed E-state index contributed by atoms with van der Waals surface area (Å²) in [5.41, 5.74) is -3.50. The quantitative estimate of drug-likeness (QED) is 0.496. The second-order valence-electron chi connectivity index (χ2n) is 3.02. The lowest BCUT2D eigenvalue weighted by Gasteiger charge is -2.05. The molecule has 1 rings (SSSR count). The molecule has 0 radical (unpaired) electrons. The smallest absolute Gasteiger partial charge is 0.312 e. The molecule has 17 heavy (non-hydrogen) atoms. The lowest BCUT2D eigenvalue weighted by Crippen LogP contribution is -2.18. The van der Waals surface area contributed by atoms with Gasteiger partial charge in [-0.05, 0) is 17.3 Å². The maximum absolute atomic E-state index is 11.8. The van der Waals surface area contributed by atoms with Crippen LogP contribution in [0.4, 0.5) is 18.2 Å². The number of hydrogen-bond donors (Lipinski definition) is 1. The third kappa shape index (κ3) is 5.89. The van der Waals surface area contributed by atoms with Crippen molar-refractivity contribution in [3.8, 4) is 0 Å². The van der Waals surface area contributed by atoms with E-state index < -0.39 is 10.4 Å². The molecule has 96 valence electrons. The van der Waals surface area contributed by atoms with E-state index in [2.05, 4.69) is 5.32 Å². The molecule has 1 N–H and O–H groups in total. The van der Waals surface area contributed by atoms with E-state index in [1.54, 1.807) is 5.38 Å². The Hall–Kier alpha value is -0.800. The molecule has 0 unspecified atom stereocenters. The first-order valence-electron chi connectivity index (χ1n) is 4.52. The molecule has 0 amide bonds. The second kappa shape index (κ2) is 6.22. The minimum Gasteiger partial charge on any atom is -0.312 e. The number of alkyl halides is 3. The van der Waals surface area contributed by atoms with Crippen LogP contribution in [0.2, 0.25) is 0 Å². The van der Waals surface area contributed by atoms with Crippen LogP contribution in [0.5, 0.6) is 0 Å². The number of hydrogen-bond acceptors (Lipinski definition) is 5. The van der Waals surface area contributed by atoms with E-state index in [4.69, 9.17) is 0 Å². The molecular weight excluding hydrogens is 277 g/mol. The second-order valence-corrected chi connectivity index (χ2v) is 5.07. The normalized spacial score (nSPS) is 11.7. The summed E-state index contributed by atoms with van der Waals surface area (Å²) < 4.78 is 35.3. The summed E-state index contributed by atoms with van der Waals surface area (Å²) in [6.07, 6.45) is 0. The number of nitrogens with zero attached hydrogens (tertiary/aromatic N) is 1. The lowest BCUT2D eigenvalue weighted by atomic mass is 10.3. The molecule has 4 nitrogen and oxygen atoms in total. The summed E-state index contributed by atoms with van der Waals surface area (Å²) in [5.74, 6) is -0.0737. The van der Waals surface area contributed by atoms with Crippen molar-refractivity contribution in [2.45, 2.75) is 12.1 Å². The van der Waals surface area contributed by atoms with Gasteiger partial charge < -0.3 is 5.32 Å². The van der Waals surface area contributed by atoms with Crippen molar-refractivity contribution in [3.05, 3.63) is 27.1 Å². The number of nitro groups is 1. The zero-order valence-electron chi connectivity index (χ0n) is 8.49. The van der Waals surface area contributed by atoms with Crippen LogP contribution in [0.3, 0.4) is 0 Å². The van der Waals surface area contributed by atoms with Crippen molar-refractivity contribution >= 4 is 28.1 Å². The number of rotatable bonds is 6. The van der Waals surface area contributed by atoms with E-state index in [1.807, 2.05) is 0 Å². The van der Waals surface area contributed by atoms with Crippen molar-refractivity contribution in [1.29, 1.82) is 0 Å². The molecule has 1 aromatic rings. The van der Waals surface area contributed by atoms with Gasteiger partial charge in [-0.25, -0.2) is 0 Å². The first kappa shape index (κ1) is 14.3. The van der Waals surface area contributed by atoms with E-state index in [1.165, 1.54) is 6.07 Å². The van der Waals surface area contributed by atoms with Gasteiger partial charge >= 0.3 is 10.5 Å². The van der Waals surface area contributed by atoms with Gasteiger partial charge in [0.15, 0.2) is 0 Å². The highest BCUT2D eigenvalue weighted by atomic mass is 32.2. The van der Waals surface area contributed by atoms with Crippen molar-refractivity contribution in [3.63, 3.8) is 0 Å². The molecule has 1 aromatic heterocycles. The molecule has 0 saturated heterocycles. The van der Waals surface area contributed by atoms with Crippen LogP contribution in [-0.2, 0) is 6.54 Å². The van der Waals surface area contributed by atoms with Gasteiger partial charge in [0.05, 0.1) is 4.92 Å². The third-order valence-corrected chi connectivity index (χ3v) is 3.36. The van der Waals surface area contributed by atoms with Gasteiger partial charge in [-0.1, -0.05) is 11.3 Å². The Bertz CT molecular complexity index is 381.